The first kappa shape index (κ1) is 22.0. The number of thiazole rings is 1. The van der Waals surface area contributed by atoms with Gasteiger partial charge in [0.05, 0.1) is 5.69 Å². The third-order valence-corrected chi connectivity index (χ3v) is 8.68. The Labute approximate surface area is 203 Å². The Kier molecular flexibility index (Phi) is 5.58. The summed E-state index contributed by atoms with van der Waals surface area (Å²) in [7, 11) is 0. The first-order chi connectivity index (χ1) is 16.5. The Morgan fingerprint density at radius 1 is 1.09 bits per heavy atom. The summed E-state index contributed by atoms with van der Waals surface area (Å²) in [6, 6.07) is 0.686. The minimum atomic E-state index is 0.357. The number of rotatable bonds is 4. The van der Waals surface area contributed by atoms with Gasteiger partial charge < -0.3 is 14.6 Å². The van der Waals surface area contributed by atoms with E-state index in [0.717, 1.165) is 66.2 Å². The van der Waals surface area contributed by atoms with E-state index in [4.69, 9.17) is 9.72 Å². The Bertz CT molecular complexity index is 1320. The lowest BCUT2D eigenvalue weighted by Crippen LogP contribution is -2.51. The zero-order chi connectivity index (χ0) is 23.4. The van der Waals surface area contributed by atoms with Gasteiger partial charge in [-0.3, -0.25) is 4.90 Å². The summed E-state index contributed by atoms with van der Waals surface area (Å²) in [6.45, 7) is 14.9. The molecule has 0 radical (unpaired) electrons. The van der Waals surface area contributed by atoms with Gasteiger partial charge in [-0.15, -0.1) is 0 Å². The van der Waals surface area contributed by atoms with Gasteiger partial charge in [-0.25, -0.2) is 14.5 Å². The lowest BCUT2D eigenvalue weighted by Gasteiger charge is -2.40. The van der Waals surface area contributed by atoms with E-state index in [2.05, 4.69) is 58.8 Å². The van der Waals surface area contributed by atoms with Crippen LogP contribution in [0.25, 0.3) is 27.3 Å². The fourth-order valence-corrected chi connectivity index (χ4v) is 6.60. The van der Waals surface area contributed by atoms with Crippen LogP contribution in [0.4, 0.5) is 5.13 Å². The molecule has 0 bridgehead atoms. The van der Waals surface area contributed by atoms with Crippen molar-refractivity contribution in [2.75, 3.05) is 44.3 Å². The number of aromatic amines is 1. The van der Waals surface area contributed by atoms with Crippen LogP contribution < -0.4 is 4.90 Å². The molecule has 2 aliphatic rings. The highest BCUT2D eigenvalue weighted by Gasteiger charge is 2.28. The molecule has 0 saturated carbocycles. The second kappa shape index (κ2) is 8.62. The van der Waals surface area contributed by atoms with E-state index in [0.29, 0.717) is 12.0 Å². The molecular weight excluding hydrogens is 446 g/mol. The molecule has 2 aliphatic heterocycles. The molecule has 34 heavy (non-hydrogen) atoms. The summed E-state index contributed by atoms with van der Waals surface area (Å²) in [6.07, 6.45) is 6.06. The van der Waals surface area contributed by atoms with E-state index in [-0.39, 0.29) is 0 Å². The smallest absolute Gasteiger partial charge is 0.187 e. The zero-order valence-corrected chi connectivity index (χ0v) is 21.3. The summed E-state index contributed by atoms with van der Waals surface area (Å²) in [4.78, 5) is 19.6. The minimum absolute atomic E-state index is 0.357. The quantitative estimate of drug-likeness (QED) is 0.468. The average Bonchev–Trinajstić information content (AvgIpc) is 3.56. The lowest BCUT2D eigenvalue weighted by molar-refractivity contribution is 0.0321. The van der Waals surface area contributed by atoms with Crippen molar-refractivity contribution < 1.29 is 4.74 Å². The number of fused-ring (bicyclic) bond motifs is 2. The molecule has 4 aromatic heterocycles. The number of pyridine rings is 1. The normalized spacial score (nSPS) is 18.7. The van der Waals surface area contributed by atoms with Gasteiger partial charge in [0.25, 0.3) is 0 Å². The summed E-state index contributed by atoms with van der Waals surface area (Å²) < 4.78 is 7.43. The number of nitrogens with zero attached hydrogens (tertiary/aromatic N) is 6. The highest BCUT2D eigenvalue weighted by molar-refractivity contribution is 7.21. The highest BCUT2D eigenvalue weighted by atomic mass is 32.1. The van der Waals surface area contributed by atoms with Gasteiger partial charge in [0, 0.05) is 62.8 Å². The van der Waals surface area contributed by atoms with Crippen LogP contribution in [0.5, 0.6) is 0 Å². The molecule has 0 atom stereocenters. The maximum absolute atomic E-state index is 5.55. The van der Waals surface area contributed by atoms with E-state index in [1.807, 2.05) is 4.52 Å². The molecule has 4 aromatic rings. The first-order valence-electron chi connectivity index (χ1n) is 12.4. The van der Waals surface area contributed by atoms with Crippen LogP contribution in [0.2, 0.25) is 0 Å². The van der Waals surface area contributed by atoms with E-state index in [1.165, 1.54) is 35.1 Å². The third kappa shape index (κ3) is 3.61. The fraction of sp³-hybridized carbons (Fsp3) is 0.560. The predicted octanol–water partition coefficient (Wildman–Crippen LogP) is 4.38. The van der Waals surface area contributed by atoms with Crippen LogP contribution in [0, 0.1) is 13.8 Å². The topological polar surface area (TPSA) is 74.6 Å². The Hall–Kier alpha value is -2.49. The van der Waals surface area contributed by atoms with Crippen molar-refractivity contribution in [2.24, 2.45) is 0 Å². The van der Waals surface area contributed by atoms with Crippen molar-refractivity contribution in [1.29, 1.82) is 0 Å². The summed E-state index contributed by atoms with van der Waals surface area (Å²) in [5.41, 5.74) is 8.07. The van der Waals surface area contributed by atoms with E-state index in [1.54, 1.807) is 17.7 Å². The largest absolute Gasteiger partial charge is 0.381 e. The van der Waals surface area contributed by atoms with Crippen molar-refractivity contribution in [3.8, 4) is 11.3 Å². The maximum Gasteiger partial charge on any atom is 0.187 e. The van der Waals surface area contributed by atoms with E-state index in [9.17, 15) is 0 Å². The van der Waals surface area contributed by atoms with Gasteiger partial charge in [-0.2, -0.15) is 5.10 Å². The van der Waals surface area contributed by atoms with Gasteiger partial charge in [-0.05, 0) is 43.7 Å². The zero-order valence-electron chi connectivity index (χ0n) is 20.5. The van der Waals surface area contributed by atoms with Crippen molar-refractivity contribution in [1.82, 2.24) is 29.5 Å². The number of aromatic nitrogens is 5. The standard InChI is InChI=1S/C25H33N7OS/c1-15(2)20-21(19-13-32-23(26-14-27-32)17(4)16(19)3)28-24-22(20)29-25(34-24)31-9-7-30(8-10-31)18-5-11-33-12-6-18/h13-15,18,28H,5-12H2,1-4H3. The summed E-state index contributed by atoms with van der Waals surface area (Å²) in [5.74, 6) is 0.357. The van der Waals surface area contributed by atoms with Crippen LogP contribution in [-0.2, 0) is 4.74 Å². The number of hydrogen-bond acceptors (Lipinski definition) is 7. The van der Waals surface area contributed by atoms with Crippen molar-refractivity contribution in [3.63, 3.8) is 0 Å². The van der Waals surface area contributed by atoms with Crippen molar-refractivity contribution >= 4 is 32.5 Å². The second-order valence-electron chi connectivity index (χ2n) is 9.93. The van der Waals surface area contributed by atoms with E-state index >= 15 is 0 Å². The molecule has 8 nitrogen and oxygen atoms in total. The van der Waals surface area contributed by atoms with Crippen LogP contribution in [0.3, 0.4) is 0 Å². The Morgan fingerprint density at radius 3 is 2.59 bits per heavy atom. The molecule has 0 unspecified atom stereocenters. The number of piperazine rings is 1. The Morgan fingerprint density at radius 2 is 1.85 bits per heavy atom. The molecule has 0 aliphatic carbocycles. The molecule has 9 heteroatoms. The number of nitrogens with one attached hydrogen (secondary N) is 1. The number of anilines is 1. The molecule has 0 spiro atoms. The number of H-pyrrole nitrogens is 1. The average molecular weight is 480 g/mol. The molecule has 0 amide bonds. The van der Waals surface area contributed by atoms with Crippen molar-refractivity contribution in [2.45, 2.75) is 52.5 Å². The molecule has 6 rings (SSSR count). The summed E-state index contributed by atoms with van der Waals surface area (Å²) in [5, 5.41) is 5.54. The van der Waals surface area contributed by atoms with Crippen LogP contribution in [0.15, 0.2) is 12.5 Å². The van der Waals surface area contributed by atoms with Gasteiger partial charge >= 0.3 is 0 Å². The van der Waals surface area contributed by atoms with Crippen LogP contribution >= 0.6 is 11.3 Å². The molecule has 180 valence electrons. The number of aryl methyl sites for hydroxylation is 1. The monoisotopic (exact) mass is 479 g/mol. The Balaban J connectivity index is 1.31. The predicted molar refractivity (Wildman–Crippen MR) is 137 cm³/mol. The second-order valence-corrected chi connectivity index (χ2v) is 10.9. The molecule has 2 saturated heterocycles. The van der Waals surface area contributed by atoms with Crippen molar-refractivity contribution in [3.05, 3.63) is 29.2 Å². The molecule has 6 heterocycles. The molecule has 0 aromatic carbocycles. The van der Waals surface area contributed by atoms with Gasteiger partial charge in [0.2, 0.25) is 0 Å². The van der Waals surface area contributed by atoms with Crippen LogP contribution in [-0.4, -0.2) is 74.9 Å². The van der Waals surface area contributed by atoms with Gasteiger partial charge in [0.1, 0.15) is 16.7 Å². The minimum Gasteiger partial charge on any atom is -0.381 e. The van der Waals surface area contributed by atoms with Crippen LogP contribution in [0.1, 0.15) is 49.3 Å². The lowest BCUT2D eigenvalue weighted by atomic mass is 9.96. The SMILES string of the molecule is Cc1c(-c2[nH]c3sc(N4CCN(C5CCOCC5)CC4)nc3c2C(C)C)cn2ncnc2c1C. The molecule has 2 fully saturated rings. The van der Waals surface area contributed by atoms with Gasteiger partial charge in [-0.1, -0.05) is 25.2 Å². The number of ether oxygens (including phenoxy) is 1. The molecular formula is C25H33N7OS. The molecule has 1 N–H and O–H groups in total. The highest BCUT2D eigenvalue weighted by Crippen LogP contribution is 2.41. The fourth-order valence-electron chi connectivity index (χ4n) is 5.57. The first-order valence-corrected chi connectivity index (χ1v) is 13.2. The van der Waals surface area contributed by atoms with Gasteiger partial charge in [0.15, 0.2) is 10.8 Å². The third-order valence-electron chi connectivity index (χ3n) is 7.64. The number of hydrogen-bond donors (Lipinski definition) is 1. The maximum atomic E-state index is 5.55. The van der Waals surface area contributed by atoms with E-state index < -0.39 is 0 Å². The summed E-state index contributed by atoms with van der Waals surface area (Å²) >= 11 is 1.79.